The molecule has 0 spiro atoms. The highest BCUT2D eigenvalue weighted by Crippen LogP contribution is 2.19. The molecule has 0 unspecified atom stereocenters. The highest BCUT2D eigenvalue weighted by atomic mass is 16.6. The van der Waals surface area contributed by atoms with E-state index in [4.69, 9.17) is 10.6 Å². The molecule has 8 nitrogen and oxygen atoms in total. The smallest absolute Gasteiger partial charge is 0.342 e. The van der Waals surface area contributed by atoms with Crippen LogP contribution in [0.4, 0.5) is 5.69 Å². The highest BCUT2D eigenvalue weighted by Gasteiger charge is 2.19. The van der Waals surface area contributed by atoms with E-state index >= 15 is 0 Å². The minimum Gasteiger partial charge on any atom is -0.477 e. The van der Waals surface area contributed by atoms with Crippen LogP contribution >= 0.6 is 0 Å². The average Bonchev–Trinajstić information content (AvgIpc) is 2.38. The molecular weight excluding hydrogens is 252 g/mol. The number of nitro benzene ring substituents is 1. The van der Waals surface area contributed by atoms with Crippen LogP contribution in [0.3, 0.4) is 0 Å². The molecule has 0 aliphatic rings. The summed E-state index contributed by atoms with van der Waals surface area (Å²) in [6.07, 6.45) is 0.323. The fraction of sp³-hybridized carbons (Fsp3) is 0.182. The number of azide groups is 1. The van der Waals surface area contributed by atoms with Gasteiger partial charge in [0.15, 0.2) is 0 Å². The Morgan fingerprint density at radius 3 is 2.89 bits per heavy atom. The summed E-state index contributed by atoms with van der Waals surface area (Å²) in [5.41, 5.74) is 7.50. The summed E-state index contributed by atoms with van der Waals surface area (Å²) in [5.74, 6) is 3.93. The molecule has 8 heteroatoms. The third-order valence-corrected chi connectivity index (χ3v) is 2.06. The first-order chi connectivity index (χ1) is 9.06. The van der Waals surface area contributed by atoms with E-state index < -0.39 is 22.1 Å². The Labute approximate surface area is 107 Å². The first-order valence-electron chi connectivity index (χ1n) is 5.07. The number of nitro groups is 1. The van der Waals surface area contributed by atoms with E-state index in [0.29, 0.717) is 12.0 Å². The molecule has 0 aliphatic carbocycles. The number of hydrogen-bond acceptors (Lipinski definition) is 4. The van der Waals surface area contributed by atoms with Crippen LogP contribution in [0, 0.1) is 22.0 Å². The molecule has 0 aromatic heterocycles. The van der Waals surface area contributed by atoms with Gasteiger partial charge in [0.2, 0.25) is 0 Å². The predicted molar refractivity (Wildman–Crippen MR) is 65.6 cm³/mol. The predicted octanol–water partition coefficient (Wildman–Crippen LogP) is 2.34. The summed E-state index contributed by atoms with van der Waals surface area (Å²) < 4.78 is 0. The van der Waals surface area contributed by atoms with Crippen LogP contribution in [-0.2, 0) is 0 Å². The van der Waals surface area contributed by atoms with Gasteiger partial charge in [0.25, 0.3) is 5.69 Å². The Kier molecular flexibility index (Phi) is 4.90. The number of hydrogen-bond donors (Lipinski definition) is 1. The van der Waals surface area contributed by atoms with Gasteiger partial charge in [0.05, 0.1) is 4.92 Å². The Bertz CT molecular complexity index is 623. The second kappa shape index (κ2) is 6.64. The van der Waals surface area contributed by atoms with Crippen molar-refractivity contribution in [1.82, 2.24) is 0 Å². The van der Waals surface area contributed by atoms with Gasteiger partial charge in [-0.1, -0.05) is 17.0 Å². The van der Waals surface area contributed by atoms with Gasteiger partial charge in [-0.15, -0.1) is 0 Å². The van der Waals surface area contributed by atoms with Crippen molar-refractivity contribution >= 4 is 11.7 Å². The maximum absolute atomic E-state index is 10.9. The maximum atomic E-state index is 10.9. The van der Waals surface area contributed by atoms with Gasteiger partial charge < -0.3 is 5.11 Å². The Morgan fingerprint density at radius 2 is 2.32 bits per heavy atom. The number of carboxylic acids is 1. The third-order valence-electron chi connectivity index (χ3n) is 2.06. The minimum atomic E-state index is -1.38. The molecule has 0 saturated carbocycles. The third kappa shape index (κ3) is 4.03. The maximum Gasteiger partial charge on any atom is 0.342 e. The van der Waals surface area contributed by atoms with E-state index in [0.717, 1.165) is 12.1 Å². The summed E-state index contributed by atoms with van der Waals surface area (Å²) in [6, 6.07) is 3.60. The quantitative estimate of drug-likeness (QED) is 0.169. The van der Waals surface area contributed by atoms with Crippen molar-refractivity contribution in [2.24, 2.45) is 5.11 Å². The fourth-order valence-corrected chi connectivity index (χ4v) is 1.26. The van der Waals surface area contributed by atoms with Crippen molar-refractivity contribution < 1.29 is 14.8 Å². The van der Waals surface area contributed by atoms with Crippen molar-refractivity contribution in [1.29, 1.82) is 0 Å². The summed E-state index contributed by atoms with van der Waals surface area (Å²) in [4.78, 5) is 23.3. The molecular formula is C11H8N4O4. The standard InChI is InChI=1S/C11H8N4O4/c12-14-13-6-2-1-3-8-4-5-10(15(18)19)9(7-8)11(16)17/h4-5,7H,2,6H2,(H,16,17). The van der Waals surface area contributed by atoms with Gasteiger partial charge in [-0.3, -0.25) is 10.1 Å². The van der Waals surface area contributed by atoms with Crippen LogP contribution in [0.1, 0.15) is 22.3 Å². The topological polar surface area (TPSA) is 129 Å². The molecule has 0 radical (unpaired) electrons. The molecule has 0 fully saturated rings. The lowest BCUT2D eigenvalue weighted by Crippen LogP contribution is -2.02. The minimum absolute atomic E-state index is 0.211. The average molecular weight is 260 g/mol. The lowest BCUT2D eigenvalue weighted by Gasteiger charge is -1.98. The molecule has 1 N–H and O–H groups in total. The van der Waals surface area contributed by atoms with E-state index in [-0.39, 0.29) is 6.54 Å². The fourth-order valence-electron chi connectivity index (χ4n) is 1.26. The molecule has 0 aliphatic heterocycles. The van der Waals surface area contributed by atoms with Gasteiger partial charge in [-0.2, -0.15) is 0 Å². The first kappa shape index (κ1) is 14.0. The normalized spacial score (nSPS) is 8.84. The molecule has 0 atom stereocenters. The second-order valence-corrected chi connectivity index (χ2v) is 3.30. The molecule has 1 aromatic carbocycles. The molecule has 19 heavy (non-hydrogen) atoms. The molecule has 0 saturated heterocycles. The van der Waals surface area contributed by atoms with E-state index in [2.05, 4.69) is 21.9 Å². The van der Waals surface area contributed by atoms with Crippen molar-refractivity contribution in [3.63, 3.8) is 0 Å². The largest absolute Gasteiger partial charge is 0.477 e. The van der Waals surface area contributed by atoms with E-state index in [9.17, 15) is 14.9 Å². The Morgan fingerprint density at radius 1 is 1.58 bits per heavy atom. The van der Waals surface area contributed by atoms with Crippen LogP contribution in [0.25, 0.3) is 10.4 Å². The summed E-state index contributed by atoms with van der Waals surface area (Å²) >= 11 is 0. The zero-order valence-corrected chi connectivity index (χ0v) is 9.61. The molecule has 96 valence electrons. The van der Waals surface area contributed by atoms with E-state index in [1.165, 1.54) is 6.07 Å². The van der Waals surface area contributed by atoms with Crippen molar-refractivity contribution in [2.45, 2.75) is 6.42 Å². The first-order valence-corrected chi connectivity index (χ1v) is 5.07. The van der Waals surface area contributed by atoms with Gasteiger partial charge in [0, 0.05) is 29.5 Å². The Hall–Kier alpha value is -3.04. The van der Waals surface area contributed by atoms with Crippen LogP contribution < -0.4 is 0 Å². The lowest BCUT2D eigenvalue weighted by atomic mass is 10.1. The number of nitrogens with zero attached hydrogens (tertiary/aromatic N) is 4. The number of carboxylic acid groups (broad SMARTS) is 1. The van der Waals surface area contributed by atoms with Crippen molar-refractivity contribution in [3.05, 3.63) is 49.9 Å². The SMILES string of the molecule is [N-]=[N+]=NCCC#Cc1ccc([N+](=O)[O-])c(C(=O)O)c1. The monoisotopic (exact) mass is 260 g/mol. The van der Waals surface area contributed by atoms with Crippen LogP contribution in [0.2, 0.25) is 0 Å². The zero-order valence-electron chi connectivity index (χ0n) is 9.61. The molecule has 0 heterocycles. The van der Waals surface area contributed by atoms with Crippen molar-refractivity contribution in [2.75, 3.05) is 6.54 Å². The number of benzene rings is 1. The second-order valence-electron chi connectivity index (χ2n) is 3.30. The highest BCUT2D eigenvalue weighted by molar-refractivity contribution is 5.92. The molecule has 1 rings (SSSR count). The Balaban J connectivity index is 2.99. The van der Waals surface area contributed by atoms with Crippen molar-refractivity contribution in [3.8, 4) is 11.8 Å². The number of aromatic carboxylic acids is 1. The molecule has 1 aromatic rings. The lowest BCUT2D eigenvalue weighted by molar-refractivity contribution is -0.385. The summed E-state index contributed by atoms with van der Waals surface area (Å²) in [6.45, 7) is 0.211. The van der Waals surface area contributed by atoms with E-state index in [1.54, 1.807) is 0 Å². The molecule has 0 amide bonds. The molecule has 0 bridgehead atoms. The van der Waals surface area contributed by atoms with E-state index in [1.807, 2.05) is 0 Å². The number of carbonyl (C=O) groups is 1. The van der Waals surface area contributed by atoms with Crippen LogP contribution in [-0.4, -0.2) is 22.5 Å². The van der Waals surface area contributed by atoms with Crippen LogP contribution in [0.15, 0.2) is 23.3 Å². The van der Waals surface area contributed by atoms with Gasteiger partial charge in [-0.05, 0) is 17.7 Å². The summed E-state index contributed by atoms with van der Waals surface area (Å²) in [7, 11) is 0. The van der Waals surface area contributed by atoms with Gasteiger partial charge in [0.1, 0.15) is 5.56 Å². The van der Waals surface area contributed by atoms with Gasteiger partial charge >= 0.3 is 5.97 Å². The zero-order chi connectivity index (χ0) is 14.3. The summed E-state index contributed by atoms with van der Waals surface area (Å²) in [5, 5.41) is 22.8. The number of rotatable bonds is 4. The van der Waals surface area contributed by atoms with Gasteiger partial charge in [-0.25, -0.2) is 4.79 Å². The van der Waals surface area contributed by atoms with Crippen LogP contribution in [0.5, 0.6) is 0 Å².